The van der Waals surface area contributed by atoms with Gasteiger partial charge in [-0.05, 0) is 42.5 Å². The van der Waals surface area contributed by atoms with Gasteiger partial charge in [0.15, 0.2) is 0 Å². The van der Waals surface area contributed by atoms with E-state index in [0.29, 0.717) is 25.1 Å². The fourth-order valence-corrected chi connectivity index (χ4v) is 3.32. The van der Waals surface area contributed by atoms with E-state index < -0.39 is 12.1 Å². The zero-order chi connectivity index (χ0) is 18.4. The summed E-state index contributed by atoms with van der Waals surface area (Å²) in [6, 6.07) is 12.1. The van der Waals surface area contributed by atoms with Crippen molar-refractivity contribution in [3.05, 3.63) is 66.0 Å². The molecule has 2 atom stereocenters. The lowest BCUT2D eigenvalue weighted by Gasteiger charge is -2.32. The van der Waals surface area contributed by atoms with Crippen LogP contribution in [0.15, 0.2) is 54.9 Å². The first-order chi connectivity index (χ1) is 12.7. The van der Waals surface area contributed by atoms with Gasteiger partial charge in [-0.3, -0.25) is 9.78 Å². The van der Waals surface area contributed by atoms with E-state index in [2.05, 4.69) is 4.98 Å². The molecule has 1 fully saturated rings. The molecule has 6 heteroatoms. The van der Waals surface area contributed by atoms with E-state index in [-0.39, 0.29) is 12.5 Å². The van der Waals surface area contributed by atoms with Crippen molar-refractivity contribution in [2.24, 2.45) is 0 Å². The van der Waals surface area contributed by atoms with E-state index in [9.17, 15) is 15.1 Å². The molecule has 6 nitrogen and oxygen atoms in total. The zero-order valence-electron chi connectivity index (χ0n) is 14.7. The molecule has 1 aromatic heterocycles. The second-order valence-electron chi connectivity index (χ2n) is 6.60. The maximum absolute atomic E-state index is 13.0. The molecule has 3 rings (SSSR count). The number of hydroxylamine groups is 2. The minimum Gasteiger partial charge on any atom is -0.386 e. The summed E-state index contributed by atoms with van der Waals surface area (Å²) in [4.78, 5) is 18.6. The normalized spacial score (nSPS) is 16.7. The number of nitrogens with zero attached hydrogens (tertiary/aromatic N) is 3. The highest BCUT2D eigenvalue weighted by molar-refractivity contribution is 5.82. The Morgan fingerprint density at radius 3 is 2.42 bits per heavy atom. The molecule has 26 heavy (non-hydrogen) atoms. The molecule has 2 heterocycles. The molecule has 138 valence electrons. The van der Waals surface area contributed by atoms with Gasteiger partial charge in [0.05, 0.1) is 0 Å². The molecule has 2 aromatic rings. The summed E-state index contributed by atoms with van der Waals surface area (Å²) in [6.45, 7) is 1.60. The van der Waals surface area contributed by atoms with Crippen LogP contribution >= 0.6 is 0 Å². The molecule has 1 aliphatic heterocycles. The van der Waals surface area contributed by atoms with Crippen molar-refractivity contribution in [2.45, 2.75) is 31.4 Å². The molecule has 0 saturated carbocycles. The molecule has 1 saturated heterocycles. The summed E-state index contributed by atoms with van der Waals surface area (Å²) in [7, 11) is 0. The number of likely N-dealkylation sites (tertiary alicyclic amines) is 1. The Kier molecular flexibility index (Phi) is 6.33. The van der Waals surface area contributed by atoms with Gasteiger partial charge >= 0.3 is 0 Å². The maximum Gasteiger partial charge on any atom is 0.245 e. The SMILES string of the molecule is O=C([C@@H]([C@@H](O)c1ccncc1)N(O)CCc1ccccc1)N1CCCC1. The van der Waals surface area contributed by atoms with Crippen molar-refractivity contribution in [2.75, 3.05) is 19.6 Å². The van der Waals surface area contributed by atoms with Crippen LogP contribution in [-0.4, -0.2) is 56.8 Å². The molecule has 1 amide bonds. The van der Waals surface area contributed by atoms with Gasteiger partial charge < -0.3 is 15.2 Å². The minimum absolute atomic E-state index is 0.234. The van der Waals surface area contributed by atoms with Crippen LogP contribution < -0.4 is 0 Å². The third-order valence-electron chi connectivity index (χ3n) is 4.81. The van der Waals surface area contributed by atoms with Crippen LogP contribution in [0.3, 0.4) is 0 Å². The van der Waals surface area contributed by atoms with Crippen molar-refractivity contribution in [3.63, 3.8) is 0 Å². The Labute approximate surface area is 153 Å². The van der Waals surface area contributed by atoms with E-state index in [1.54, 1.807) is 29.4 Å². The van der Waals surface area contributed by atoms with Gasteiger partial charge in [0.2, 0.25) is 5.91 Å². The highest BCUT2D eigenvalue weighted by Crippen LogP contribution is 2.23. The topological polar surface area (TPSA) is 76.9 Å². The minimum atomic E-state index is -1.12. The summed E-state index contributed by atoms with van der Waals surface area (Å²) >= 11 is 0. The lowest BCUT2D eigenvalue weighted by molar-refractivity contribution is -0.178. The number of hydrogen-bond acceptors (Lipinski definition) is 5. The van der Waals surface area contributed by atoms with Crippen LogP contribution in [0.5, 0.6) is 0 Å². The number of carbonyl (C=O) groups is 1. The third kappa shape index (κ3) is 4.46. The second kappa shape index (κ2) is 8.89. The summed E-state index contributed by atoms with van der Waals surface area (Å²) in [6.07, 6.45) is 4.53. The molecule has 1 aromatic carbocycles. The van der Waals surface area contributed by atoms with E-state index in [0.717, 1.165) is 23.5 Å². The van der Waals surface area contributed by atoms with Crippen molar-refractivity contribution < 1.29 is 15.1 Å². The van der Waals surface area contributed by atoms with Gasteiger partial charge in [0.25, 0.3) is 0 Å². The van der Waals surface area contributed by atoms with Gasteiger partial charge in [-0.25, -0.2) is 0 Å². The summed E-state index contributed by atoms with van der Waals surface area (Å²) in [5, 5.41) is 22.4. The van der Waals surface area contributed by atoms with Crippen molar-refractivity contribution >= 4 is 5.91 Å². The summed E-state index contributed by atoms with van der Waals surface area (Å²) in [5.41, 5.74) is 1.63. The number of carbonyl (C=O) groups excluding carboxylic acids is 1. The predicted octanol–water partition coefficient (Wildman–Crippen LogP) is 2.04. The van der Waals surface area contributed by atoms with Crippen molar-refractivity contribution in [1.29, 1.82) is 0 Å². The number of aliphatic hydroxyl groups is 1. The van der Waals surface area contributed by atoms with Gasteiger partial charge in [-0.15, -0.1) is 0 Å². The lowest BCUT2D eigenvalue weighted by atomic mass is 10.0. The molecule has 0 radical (unpaired) electrons. The first-order valence-corrected chi connectivity index (χ1v) is 9.03. The first kappa shape index (κ1) is 18.5. The van der Waals surface area contributed by atoms with Crippen LogP contribution in [0.25, 0.3) is 0 Å². The third-order valence-corrected chi connectivity index (χ3v) is 4.81. The summed E-state index contributed by atoms with van der Waals surface area (Å²) in [5.74, 6) is -0.234. The van der Waals surface area contributed by atoms with Crippen molar-refractivity contribution in [1.82, 2.24) is 14.9 Å². The summed E-state index contributed by atoms with van der Waals surface area (Å²) < 4.78 is 0. The fourth-order valence-electron chi connectivity index (χ4n) is 3.32. The highest BCUT2D eigenvalue weighted by atomic mass is 16.5. The molecule has 0 unspecified atom stereocenters. The van der Waals surface area contributed by atoms with E-state index in [4.69, 9.17) is 0 Å². The Hall–Kier alpha value is -2.28. The quantitative estimate of drug-likeness (QED) is 0.743. The highest BCUT2D eigenvalue weighted by Gasteiger charge is 2.37. The molecule has 2 N–H and O–H groups in total. The Morgan fingerprint density at radius 1 is 1.12 bits per heavy atom. The van der Waals surface area contributed by atoms with Crippen LogP contribution in [0.2, 0.25) is 0 Å². The largest absolute Gasteiger partial charge is 0.386 e. The van der Waals surface area contributed by atoms with E-state index in [1.807, 2.05) is 30.3 Å². The Balaban J connectivity index is 1.76. The van der Waals surface area contributed by atoms with Crippen LogP contribution in [0.1, 0.15) is 30.1 Å². The molecule has 0 bridgehead atoms. The maximum atomic E-state index is 13.0. The van der Waals surface area contributed by atoms with E-state index >= 15 is 0 Å². The van der Waals surface area contributed by atoms with Gasteiger partial charge in [0, 0.05) is 32.0 Å². The van der Waals surface area contributed by atoms with Crippen LogP contribution in [0.4, 0.5) is 0 Å². The number of benzene rings is 1. The monoisotopic (exact) mass is 355 g/mol. The molecule has 0 aliphatic carbocycles. The predicted molar refractivity (Wildman–Crippen MR) is 97.4 cm³/mol. The number of aliphatic hydroxyl groups excluding tert-OH is 1. The Morgan fingerprint density at radius 2 is 1.77 bits per heavy atom. The number of amides is 1. The number of hydrogen-bond donors (Lipinski definition) is 2. The van der Waals surface area contributed by atoms with Crippen molar-refractivity contribution in [3.8, 4) is 0 Å². The number of aromatic nitrogens is 1. The van der Waals surface area contributed by atoms with Crippen LogP contribution in [-0.2, 0) is 11.2 Å². The Bertz CT molecular complexity index is 690. The fraction of sp³-hybridized carbons (Fsp3) is 0.400. The average molecular weight is 355 g/mol. The molecule has 1 aliphatic rings. The van der Waals surface area contributed by atoms with E-state index in [1.165, 1.54) is 0 Å². The molecular formula is C20H25N3O3. The molecular weight excluding hydrogens is 330 g/mol. The second-order valence-corrected chi connectivity index (χ2v) is 6.60. The smallest absolute Gasteiger partial charge is 0.245 e. The number of pyridine rings is 1. The zero-order valence-corrected chi connectivity index (χ0v) is 14.7. The lowest BCUT2D eigenvalue weighted by Crippen LogP contribution is -2.50. The van der Waals surface area contributed by atoms with Gasteiger partial charge in [0.1, 0.15) is 12.1 Å². The average Bonchev–Trinajstić information content (AvgIpc) is 3.23. The van der Waals surface area contributed by atoms with Gasteiger partial charge in [-0.2, -0.15) is 5.06 Å². The standard InChI is InChI=1S/C20H25N3O3/c24-19(17-8-11-21-12-9-17)18(20(25)22-13-4-5-14-22)23(26)15-10-16-6-2-1-3-7-16/h1-3,6-9,11-12,18-19,24,26H,4-5,10,13-15H2/t18-,19+/m1/s1. The number of rotatable bonds is 7. The first-order valence-electron chi connectivity index (χ1n) is 9.03. The van der Waals surface area contributed by atoms with Gasteiger partial charge in [-0.1, -0.05) is 30.3 Å². The van der Waals surface area contributed by atoms with Crippen LogP contribution in [0, 0.1) is 0 Å². The molecule has 0 spiro atoms.